The van der Waals surface area contributed by atoms with Crippen LogP contribution in [0, 0.1) is 11.3 Å². The van der Waals surface area contributed by atoms with Crippen molar-refractivity contribution < 1.29 is 9.21 Å². The molecule has 0 radical (unpaired) electrons. The first-order valence-corrected chi connectivity index (χ1v) is 9.72. The van der Waals surface area contributed by atoms with E-state index in [2.05, 4.69) is 36.1 Å². The van der Waals surface area contributed by atoms with E-state index in [0.717, 1.165) is 12.0 Å². The monoisotopic (exact) mass is 385 g/mol. The minimum atomic E-state index is -0.0868. The summed E-state index contributed by atoms with van der Waals surface area (Å²) in [5.41, 5.74) is 4.63. The summed E-state index contributed by atoms with van der Waals surface area (Å²) in [4.78, 5) is 17.0. The molecule has 1 aliphatic heterocycles. The van der Waals surface area contributed by atoms with Crippen molar-refractivity contribution in [2.75, 3.05) is 11.9 Å². The molecule has 0 fully saturated rings. The van der Waals surface area contributed by atoms with Crippen molar-refractivity contribution in [3.8, 4) is 6.07 Å². The van der Waals surface area contributed by atoms with Crippen LogP contribution in [0.3, 0.4) is 0 Å². The molecule has 0 aliphatic carbocycles. The standard InChI is InChI=1S/C24H23N3O2/c1-17-12-20-8-3-4-9-22(20)27(17)16-23-21(10-11-29-23)24(28)26(2)15-19-7-5-6-18(13-19)14-25/h3-11,13,17H,12,15-16H2,1-2H3. The Kier molecular flexibility index (Phi) is 5.09. The van der Waals surface area contributed by atoms with Gasteiger partial charge in [0.2, 0.25) is 0 Å². The second-order valence-electron chi connectivity index (χ2n) is 7.54. The molecule has 0 saturated heterocycles. The number of hydrogen-bond acceptors (Lipinski definition) is 4. The molecule has 0 saturated carbocycles. The van der Waals surface area contributed by atoms with E-state index >= 15 is 0 Å². The molecule has 1 aliphatic rings. The summed E-state index contributed by atoms with van der Waals surface area (Å²) >= 11 is 0. The first kappa shape index (κ1) is 18.8. The number of furan rings is 1. The third-order valence-corrected chi connectivity index (χ3v) is 5.46. The van der Waals surface area contributed by atoms with Gasteiger partial charge in [0.15, 0.2) is 0 Å². The number of anilines is 1. The van der Waals surface area contributed by atoms with Crippen LogP contribution < -0.4 is 4.90 Å². The fourth-order valence-corrected chi connectivity index (χ4v) is 3.97. The van der Waals surface area contributed by atoms with Crippen molar-refractivity contribution >= 4 is 11.6 Å². The molecule has 1 atom stereocenters. The average molecular weight is 385 g/mol. The van der Waals surface area contributed by atoms with E-state index < -0.39 is 0 Å². The summed E-state index contributed by atoms with van der Waals surface area (Å²) in [6, 6.07) is 19.9. The van der Waals surface area contributed by atoms with Gasteiger partial charge in [-0.25, -0.2) is 0 Å². The van der Waals surface area contributed by atoms with Gasteiger partial charge < -0.3 is 14.2 Å². The zero-order valence-corrected chi connectivity index (χ0v) is 16.6. The molecule has 0 bridgehead atoms. The van der Waals surface area contributed by atoms with E-state index in [0.29, 0.717) is 36.0 Å². The summed E-state index contributed by atoms with van der Waals surface area (Å²) in [5, 5.41) is 9.07. The van der Waals surface area contributed by atoms with Gasteiger partial charge in [0.05, 0.1) is 30.0 Å². The first-order valence-electron chi connectivity index (χ1n) is 9.72. The molecule has 2 heterocycles. The molecule has 1 unspecified atom stereocenters. The zero-order chi connectivity index (χ0) is 20.4. The number of nitrogens with zero attached hydrogens (tertiary/aromatic N) is 3. The van der Waals surface area contributed by atoms with E-state index in [9.17, 15) is 4.79 Å². The van der Waals surface area contributed by atoms with Gasteiger partial charge in [-0.15, -0.1) is 0 Å². The topological polar surface area (TPSA) is 60.5 Å². The zero-order valence-electron chi connectivity index (χ0n) is 16.6. The van der Waals surface area contributed by atoms with Crippen molar-refractivity contribution in [2.45, 2.75) is 32.5 Å². The number of rotatable bonds is 5. The van der Waals surface area contributed by atoms with Gasteiger partial charge in [-0.1, -0.05) is 30.3 Å². The maximum Gasteiger partial charge on any atom is 0.257 e. The molecule has 29 heavy (non-hydrogen) atoms. The van der Waals surface area contributed by atoms with Crippen LogP contribution in [0.2, 0.25) is 0 Å². The lowest BCUT2D eigenvalue weighted by Crippen LogP contribution is -2.31. The van der Waals surface area contributed by atoms with E-state index in [1.54, 1.807) is 30.3 Å². The van der Waals surface area contributed by atoms with Gasteiger partial charge in [-0.2, -0.15) is 5.26 Å². The van der Waals surface area contributed by atoms with Crippen LogP contribution in [-0.4, -0.2) is 23.9 Å². The Balaban J connectivity index is 1.51. The Labute approximate surface area is 170 Å². The number of benzene rings is 2. The molecule has 5 nitrogen and oxygen atoms in total. The highest BCUT2D eigenvalue weighted by Crippen LogP contribution is 2.33. The van der Waals surface area contributed by atoms with Crippen LogP contribution in [0.15, 0.2) is 65.3 Å². The molecule has 4 rings (SSSR count). The summed E-state index contributed by atoms with van der Waals surface area (Å²) in [6.45, 7) is 3.19. The van der Waals surface area contributed by atoms with Gasteiger partial charge >= 0.3 is 0 Å². The van der Waals surface area contributed by atoms with Gasteiger partial charge in [-0.05, 0) is 48.7 Å². The lowest BCUT2D eigenvalue weighted by atomic mass is 10.1. The van der Waals surface area contributed by atoms with Crippen LogP contribution in [0.5, 0.6) is 0 Å². The second-order valence-corrected chi connectivity index (χ2v) is 7.54. The van der Waals surface area contributed by atoms with Crippen molar-refractivity contribution in [1.82, 2.24) is 4.90 Å². The number of nitriles is 1. The molecule has 3 aromatic rings. The normalized spacial score (nSPS) is 15.1. The SMILES string of the molecule is CC1Cc2ccccc2N1Cc1occc1C(=O)N(C)Cc1cccc(C#N)c1. The highest BCUT2D eigenvalue weighted by Gasteiger charge is 2.28. The minimum Gasteiger partial charge on any atom is -0.467 e. The quantitative estimate of drug-likeness (QED) is 0.654. The fourth-order valence-electron chi connectivity index (χ4n) is 3.97. The number of amides is 1. The fraction of sp³-hybridized carbons (Fsp3) is 0.250. The minimum absolute atomic E-state index is 0.0868. The van der Waals surface area contributed by atoms with Crippen LogP contribution in [0.1, 0.15) is 39.7 Å². The molecule has 146 valence electrons. The van der Waals surface area contributed by atoms with Gasteiger partial charge in [-0.3, -0.25) is 4.79 Å². The maximum atomic E-state index is 13.1. The number of carbonyl (C=O) groups excluding carboxylic acids is 1. The number of fused-ring (bicyclic) bond motifs is 1. The van der Waals surface area contributed by atoms with Crippen LogP contribution in [-0.2, 0) is 19.5 Å². The predicted octanol–water partition coefficient (Wildman–Crippen LogP) is 4.37. The van der Waals surface area contributed by atoms with Crippen LogP contribution in [0.25, 0.3) is 0 Å². The molecular weight excluding hydrogens is 362 g/mol. The first-order chi connectivity index (χ1) is 14.1. The van der Waals surface area contributed by atoms with Crippen LogP contribution >= 0.6 is 0 Å². The van der Waals surface area contributed by atoms with Gasteiger partial charge in [0.1, 0.15) is 5.76 Å². The van der Waals surface area contributed by atoms with E-state index in [1.165, 1.54) is 11.3 Å². The molecule has 1 aromatic heterocycles. The second kappa shape index (κ2) is 7.84. The number of carbonyl (C=O) groups is 1. The summed E-state index contributed by atoms with van der Waals surface area (Å²) in [7, 11) is 1.77. The molecule has 0 spiro atoms. The lowest BCUT2D eigenvalue weighted by Gasteiger charge is -2.25. The lowest BCUT2D eigenvalue weighted by molar-refractivity contribution is 0.0782. The third-order valence-electron chi connectivity index (χ3n) is 5.46. The van der Waals surface area contributed by atoms with Gasteiger partial charge in [0.25, 0.3) is 5.91 Å². The van der Waals surface area contributed by atoms with E-state index in [1.807, 2.05) is 24.3 Å². The third kappa shape index (κ3) is 3.74. The Morgan fingerprint density at radius 3 is 2.90 bits per heavy atom. The van der Waals surface area contributed by atoms with E-state index in [-0.39, 0.29) is 5.91 Å². The van der Waals surface area contributed by atoms with Crippen molar-refractivity contribution in [3.05, 3.63) is 88.9 Å². The Morgan fingerprint density at radius 1 is 1.24 bits per heavy atom. The summed E-state index contributed by atoms with van der Waals surface area (Å²) in [6.07, 6.45) is 2.58. The smallest absolute Gasteiger partial charge is 0.257 e. The highest BCUT2D eigenvalue weighted by molar-refractivity contribution is 5.95. The largest absolute Gasteiger partial charge is 0.467 e. The number of hydrogen-bond donors (Lipinski definition) is 0. The van der Waals surface area contributed by atoms with Gasteiger partial charge in [0, 0.05) is 25.3 Å². The Morgan fingerprint density at radius 2 is 2.07 bits per heavy atom. The van der Waals surface area contributed by atoms with Crippen molar-refractivity contribution in [1.29, 1.82) is 5.26 Å². The maximum absolute atomic E-state index is 13.1. The highest BCUT2D eigenvalue weighted by atomic mass is 16.3. The molecule has 1 amide bonds. The van der Waals surface area contributed by atoms with Crippen molar-refractivity contribution in [2.24, 2.45) is 0 Å². The molecule has 0 N–H and O–H groups in total. The van der Waals surface area contributed by atoms with E-state index in [4.69, 9.17) is 9.68 Å². The Hall–Kier alpha value is -3.52. The van der Waals surface area contributed by atoms with Crippen molar-refractivity contribution in [3.63, 3.8) is 0 Å². The molecular formula is C24H23N3O2. The molecule has 2 aromatic carbocycles. The Bertz CT molecular complexity index is 1080. The number of para-hydroxylation sites is 1. The summed E-state index contributed by atoms with van der Waals surface area (Å²) in [5.74, 6) is 0.590. The predicted molar refractivity (Wildman–Crippen MR) is 111 cm³/mol. The molecule has 5 heteroatoms. The van der Waals surface area contributed by atoms with Crippen LogP contribution in [0.4, 0.5) is 5.69 Å². The summed E-state index contributed by atoms with van der Waals surface area (Å²) < 4.78 is 5.72. The average Bonchev–Trinajstić information content (AvgIpc) is 3.32.